The van der Waals surface area contributed by atoms with Gasteiger partial charge >= 0.3 is 0 Å². The zero-order chi connectivity index (χ0) is 17.9. The van der Waals surface area contributed by atoms with Gasteiger partial charge in [-0.05, 0) is 55.0 Å². The number of piperidine rings is 1. The normalized spacial score (nSPS) is 17.2. The van der Waals surface area contributed by atoms with Crippen molar-refractivity contribution in [3.8, 4) is 0 Å². The summed E-state index contributed by atoms with van der Waals surface area (Å²) in [6.07, 6.45) is 4.30. The van der Waals surface area contributed by atoms with Crippen LogP contribution in [0.1, 0.15) is 28.9 Å². The van der Waals surface area contributed by atoms with E-state index in [0.717, 1.165) is 29.4 Å². The summed E-state index contributed by atoms with van der Waals surface area (Å²) in [6.45, 7) is 0.617. The average Bonchev–Trinajstić information content (AvgIpc) is 3.22. The van der Waals surface area contributed by atoms with Crippen molar-refractivity contribution in [2.24, 2.45) is 0 Å². The summed E-state index contributed by atoms with van der Waals surface area (Å²) in [4.78, 5) is 32.5. The van der Waals surface area contributed by atoms with Crippen molar-refractivity contribution in [1.29, 1.82) is 0 Å². The third-order valence-electron chi connectivity index (χ3n) is 4.70. The molecular formula is C20H19N3O2S. The van der Waals surface area contributed by atoms with Gasteiger partial charge in [0.15, 0.2) is 0 Å². The molecular weight excluding hydrogens is 346 g/mol. The quantitative estimate of drug-likeness (QED) is 0.765. The van der Waals surface area contributed by atoms with Crippen LogP contribution in [0.2, 0.25) is 0 Å². The van der Waals surface area contributed by atoms with Crippen LogP contribution >= 0.6 is 11.3 Å². The highest BCUT2D eigenvalue weighted by atomic mass is 32.1. The van der Waals surface area contributed by atoms with Crippen LogP contribution < -0.4 is 5.32 Å². The van der Waals surface area contributed by atoms with E-state index in [4.69, 9.17) is 0 Å². The molecule has 132 valence electrons. The number of nitrogens with zero attached hydrogens (tertiary/aromatic N) is 2. The fourth-order valence-electron chi connectivity index (χ4n) is 3.42. The number of likely N-dealkylation sites (tertiary alicyclic amines) is 1. The highest BCUT2D eigenvalue weighted by Crippen LogP contribution is 2.25. The number of carbonyl (C=O) groups excluding carboxylic acids is 2. The van der Waals surface area contributed by atoms with E-state index in [2.05, 4.69) is 10.3 Å². The van der Waals surface area contributed by atoms with E-state index >= 15 is 0 Å². The van der Waals surface area contributed by atoms with Gasteiger partial charge in [0.2, 0.25) is 5.91 Å². The minimum absolute atomic E-state index is 0.0561. The van der Waals surface area contributed by atoms with Gasteiger partial charge < -0.3 is 10.2 Å². The van der Waals surface area contributed by atoms with Crippen molar-refractivity contribution in [1.82, 2.24) is 9.88 Å². The zero-order valence-corrected chi connectivity index (χ0v) is 15.0. The van der Waals surface area contributed by atoms with Crippen LogP contribution in [0.25, 0.3) is 10.9 Å². The Morgan fingerprint density at radius 3 is 2.88 bits per heavy atom. The van der Waals surface area contributed by atoms with Crippen LogP contribution in [-0.2, 0) is 4.79 Å². The number of pyridine rings is 1. The lowest BCUT2D eigenvalue weighted by Crippen LogP contribution is -2.49. The minimum Gasteiger partial charge on any atom is -0.326 e. The summed E-state index contributed by atoms with van der Waals surface area (Å²) in [5.74, 6) is -0.189. The topological polar surface area (TPSA) is 62.3 Å². The molecule has 1 N–H and O–H groups in total. The minimum atomic E-state index is -0.440. The molecule has 26 heavy (non-hydrogen) atoms. The highest BCUT2D eigenvalue weighted by molar-refractivity contribution is 7.12. The number of fused-ring (bicyclic) bond motifs is 1. The van der Waals surface area contributed by atoms with Crippen molar-refractivity contribution >= 4 is 39.7 Å². The van der Waals surface area contributed by atoms with Crippen LogP contribution in [0.15, 0.2) is 54.0 Å². The lowest BCUT2D eigenvalue weighted by Gasteiger charge is -2.34. The Morgan fingerprint density at radius 1 is 1.12 bits per heavy atom. The maximum Gasteiger partial charge on any atom is 0.264 e. The maximum atomic E-state index is 13.0. The number of nitrogens with one attached hydrogen (secondary N) is 1. The molecule has 5 nitrogen and oxygen atoms in total. The van der Waals surface area contributed by atoms with E-state index in [1.807, 2.05) is 47.8 Å². The highest BCUT2D eigenvalue weighted by Gasteiger charge is 2.33. The monoisotopic (exact) mass is 365 g/mol. The molecule has 1 fully saturated rings. The molecule has 1 atom stereocenters. The van der Waals surface area contributed by atoms with Gasteiger partial charge in [0.1, 0.15) is 6.04 Å². The maximum absolute atomic E-state index is 13.0. The van der Waals surface area contributed by atoms with E-state index in [0.29, 0.717) is 17.8 Å². The predicted molar refractivity (Wildman–Crippen MR) is 103 cm³/mol. The van der Waals surface area contributed by atoms with Crippen LogP contribution in [0.3, 0.4) is 0 Å². The molecule has 0 spiro atoms. The molecule has 4 rings (SSSR count). The fourth-order valence-corrected chi connectivity index (χ4v) is 4.10. The summed E-state index contributed by atoms with van der Waals surface area (Å²) in [5, 5.41) is 5.80. The third kappa shape index (κ3) is 3.20. The van der Waals surface area contributed by atoms with Gasteiger partial charge in [-0.1, -0.05) is 12.1 Å². The van der Waals surface area contributed by atoms with E-state index in [1.54, 1.807) is 11.1 Å². The first kappa shape index (κ1) is 16.7. The van der Waals surface area contributed by atoms with Gasteiger partial charge in [-0.15, -0.1) is 11.3 Å². The number of hydrogen-bond donors (Lipinski definition) is 1. The number of aromatic nitrogens is 1. The number of benzene rings is 1. The Balaban J connectivity index is 1.58. The smallest absolute Gasteiger partial charge is 0.264 e. The summed E-state index contributed by atoms with van der Waals surface area (Å²) in [6, 6.07) is 12.7. The number of anilines is 1. The second-order valence-corrected chi connectivity index (χ2v) is 7.30. The van der Waals surface area contributed by atoms with E-state index in [-0.39, 0.29) is 11.8 Å². The molecule has 1 aliphatic rings. The van der Waals surface area contributed by atoms with Crippen molar-refractivity contribution < 1.29 is 9.59 Å². The molecule has 0 bridgehead atoms. The number of carbonyl (C=O) groups is 2. The molecule has 2 amide bonds. The molecule has 0 aliphatic carbocycles. The molecule has 1 saturated heterocycles. The van der Waals surface area contributed by atoms with Crippen molar-refractivity contribution in [2.75, 3.05) is 11.9 Å². The number of thiophene rings is 1. The first-order valence-corrected chi connectivity index (χ1v) is 9.61. The van der Waals surface area contributed by atoms with Gasteiger partial charge in [-0.2, -0.15) is 0 Å². The van der Waals surface area contributed by atoms with Crippen LogP contribution in [0.4, 0.5) is 5.69 Å². The molecule has 3 aromatic rings. The molecule has 1 aromatic carbocycles. The molecule has 1 unspecified atom stereocenters. The number of rotatable bonds is 3. The molecule has 2 aromatic heterocycles. The second-order valence-electron chi connectivity index (χ2n) is 6.35. The SMILES string of the molecule is O=C(Nc1cccc2ncccc12)C1CCCCN1C(=O)c1cccs1. The van der Waals surface area contributed by atoms with Crippen molar-refractivity contribution in [2.45, 2.75) is 25.3 Å². The lowest BCUT2D eigenvalue weighted by atomic mass is 10.0. The Labute approximate surface area is 155 Å². The van der Waals surface area contributed by atoms with Crippen molar-refractivity contribution in [3.63, 3.8) is 0 Å². The molecule has 6 heteroatoms. The first-order chi connectivity index (χ1) is 12.7. The van der Waals surface area contributed by atoms with Crippen LogP contribution in [0.5, 0.6) is 0 Å². The van der Waals surface area contributed by atoms with E-state index in [9.17, 15) is 9.59 Å². The Morgan fingerprint density at radius 2 is 2.04 bits per heavy atom. The summed E-state index contributed by atoms with van der Waals surface area (Å²) in [7, 11) is 0. The van der Waals surface area contributed by atoms with Crippen molar-refractivity contribution in [3.05, 3.63) is 58.9 Å². The predicted octanol–water partition coefficient (Wildman–Crippen LogP) is 3.93. The second kappa shape index (κ2) is 7.25. The largest absolute Gasteiger partial charge is 0.326 e. The van der Waals surface area contributed by atoms with E-state index in [1.165, 1.54) is 11.3 Å². The number of amides is 2. The summed E-state index contributed by atoms with van der Waals surface area (Å²) >= 11 is 1.41. The first-order valence-electron chi connectivity index (χ1n) is 8.73. The fraction of sp³-hybridized carbons (Fsp3) is 0.250. The van der Waals surface area contributed by atoms with Gasteiger partial charge in [0, 0.05) is 18.1 Å². The zero-order valence-electron chi connectivity index (χ0n) is 14.2. The Bertz CT molecular complexity index is 934. The average molecular weight is 365 g/mol. The molecule has 0 saturated carbocycles. The number of hydrogen-bond acceptors (Lipinski definition) is 4. The van der Waals surface area contributed by atoms with Gasteiger partial charge in [-0.25, -0.2) is 0 Å². The molecule has 0 radical (unpaired) electrons. The van der Waals surface area contributed by atoms with Gasteiger partial charge in [0.25, 0.3) is 5.91 Å². The summed E-state index contributed by atoms with van der Waals surface area (Å²) in [5.41, 5.74) is 1.56. The Hall–Kier alpha value is -2.73. The standard InChI is InChI=1S/C20H19N3O2S/c24-19(22-16-8-3-7-15-14(16)6-4-11-21-15)17-9-1-2-12-23(17)20(25)18-10-5-13-26-18/h3-8,10-11,13,17H,1-2,9,12H2,(H,22,24). The van der Waals surface area contributed by atoms with Crippen LogP contribution in [0, 0.1) is 0 Å². The van der Waals surface area contributed by atoms with E-state index < -0.39 is 6.04 Å². The summed E-state index contributed by atoms with van der Waals surface area (Å²) < 4.78 is 0. The van der Waals surface area contributed by atoms with Gasteiger partial charge in [0.05, 0.1) is 16.1 Å². The van der Waals surface area contributed by atoms with Gasteiger partial charge in [-0.3, -0.25) is 14.6 Å². The van der Waals surface area contributed by atoms with Crippen LogP contribution in [-0.4, -0.2) is 34.3 Å². The lowest BCUT2D eigenvalue weighted by molar-refractivity contribution is -0.121. The molecule has 1 aliphatic heterocycles. The Kier molecular flexibility index (Phi) is 4.67. The third-order valence-corrected chi connectivity index (χ3v) is 5.56. The molecule has 3 heterocycles.